The highest BCUT2D eigenvalue weighted by molar-refractivity contribution is 6.34. The molecule has 2 nitrogen and oxygen atoms in total. The molecule has 0 bridgehead atoms. The minimum Gasteiger partial charge on any atom is -0.380 e. The van der Waals surface area contributed by atoms with Crippen LogP contribution >= 0.6 is 0 Å². The summed E-state index contributed by atoms with van der Waals surface area (Å²) in [5.41, 5.74) is 12.8. The van der Waals surface area contributed by atoms with E-state index in [0.717, 1.165) is 30.5 Å². The van der Waals surface area contributed by atoms with Crippen molar-refractivity contribution in [3.05, 3.63) is 69.4 Å². The molecule has 2 radical (unpaired) electrons. The number of methoxy groups -OCH3 is 1. The van der Waals surface area contributed by atoms with Crippen LogP contribution in [-0.2, 0) is 24.1 Å². The van der Waals surface area contributed by atoms with Gasteiger partial charge in [-0.3, -0.25) is 0 Å². The standard InChI is InChI=1S/C24H24BNO/c1-13-8-23-19-9-16-10-22(25)14(2)17-6-5-7-18(24(16)17)20(19)11-26(23)15(3)21(13)12-27-4/h8-10H,3,5-7,11-12H2,1-2,4H3. The number of fused-ring (bicyclic) bond motifs is 4. The fourth-order valence-corrected chi connectivity index (χ4v) is 5.16. The second-order valence-electron chi connectivity index (χ2n) is 8.06. The molecule has 3 aliphatic rings. The zero-order valence-corrected chi connectivity index (χ0v) is 16.4. The average molecular weight is 353 g/mol. The zero-order valence-electron chi connectivity index (χ0n) is 16.4. The predicted octanol–water partition coefficient (Wildman–Crippen LogP) is 4.08. The van der Waals surface area contributed by atoms with Crippen molar-refractivity contribution in [3.63, 3.8) is 0 Å². The smallest absolute Gasteiger partial charge is 0.114 e. The summed E-state index contributed by atoms with van der Waals surface area (Å²) in [5, 5.41) is 2.75. The molecule has 0 N–H and O–H groups in total. The number of ether oxygens (including phenoxy) is 1. The molecule has 0 saturated heterocycles. The minimum atomic E-state index is 0.607. The normalized spacial score (nSPS) is 18.1. The molecule has 27 heavy (non-hydrogen) atoms. The van der Waals surface area contributed by atoms with Gasteiger partial charge in [-0.1, -0.05) is 23.7 Å². The monoisotopic (exact) mass is 353 g/mol. The quantitative estimate of drug-likeness (QED) is 0.755. The van der Waals surface area contributed by atoms with Crippen molar-refractivity contribution in [1.82, 2.24) is 4.90 Å². The summed E-state index contributed by atoms with van der Waals surface area (Å²) in [4.78, 5) is 2.37. The molecule has 2 aliphatic heterocycles. The molecule has 1 aliphatic carbocycles. The molecule has 0 saturated carbocycles. The fraction of sp³-hybridized carbons (Fsp3) is 0.333. The summed E-state index contributed by atoms with van der Waals surface area (Å²) >= 11 is 0. The first-order valence-electron chi connectivity index (χ1n) is 9.75. The van der Waals surface area contributed by atoms with Crippen molar-refractivity contribution >= 4 is 29.8 Å². The first-order valence-corrected chi connectivity index (χ1v) is 9.75. The molecule has 0 aromatic heterocycles. The largest absolute Gasteiger partial charge is 0.380 e. The van der Waals surface area contributed by atoms with Crippen LogP contribution < -0.4 is 5.46 Å². The molecule has 5 rings (SSSR count). The Kier molecular flexibility index (Phi) is 3.67. The summed E-state index contributed by atoms with van der Waals surface area (Å²) in [7, 11) is 8.10. The molecule has 2 heterocycles. The van der Waals surface area contributed by atoms with E-state index >= 15 is 0 Å². The average Bonchev–Trinajstić information content (AvgIpc) is 3.02. The van der Waals surface area contributed by atoms with Crippen LogP contribution in [0.25, 0.3) is 16.5 Å². The lowest BCUT2D eigenvalue weighted by Gasteiger charge is -2.29. The topological polar surface area (TPSA) is 12.5 Å². The van der Waals surface area contributed by atoms with Crippen LogP contribution in [-0.4, -0.2) is 26.5 Å². The summed E-state index contributed by atoms with van der Waals surface area (Å²) in [6, 6.07) is 4.52. The Balaban J connectivity index is 1.78. The van der Waals surface area contributed by atoms with Crippen molar-refractivity contribution in [1.29, 1.82) is 0 Å². The number of allylic oxidation sites excluding steroid dienone is 2. The summed E-state index contributed by atoms with van der Waals surface area (Å²) in [6.07, 6.45) is 5.79. The molecule has 0 unspecified atom stereocenters. The molecule has 2 aromatic rings. The van der Waals surface area contributed by atoms with Crippen LogP contribution in [0.2, 0.25) is 0 Å². The highest BCUT2D eigenvalue weighted by atomic mass is 16.5. The molecular formula is C24H24BNO. The van der Waals surface area contributed by atoms with Gasteiger partial charge in [0.05, 0.1) is 6.61 Å². The Labute approximate surface area is 162 Å². The van der Waals surface area contributed by atoms with Gasteiger partial charge in [0, 0.05) is 36.2 Å². The Bertz CT molecular complexity index is 1090. The van der Waals surface area contributed by atoms with Crippen LogP contribution in [0.15, 0.2) is 41.6 Å². The number of benzene rings is 2. The van der Waals surface area contributed by atoms with Gasteiger partial charge in [0.2, 0.25) is 0 Å². The van der Waals surface area contributed by atoms with Gasteiger partial charge in [-0.2, -0.15) is 0 Å². The first kappa shape index (κ1) is 16.9. The van der Waals surface area contributed by atoms with Crippen molar-refractivity contribution in [2.75, 3.05) is 13.7 Å². The van der Waals surface area contributed by atoms with E-state index in [-0.39, 0.29) is 0 Å². The molecule has 2 aromatic carbocycles. The summed E-state index contributed by atoms with van der Waals surface area (Å²) < 4.78 is 5.42. The van der Waals surface area contributed by atoms with Crippen molar-refractivity contribution in [2.24, 2.45) is 0 Å². The van der Waals surface area contributed by atoms with Gasteiger partial charge < -0.3 is 9.64 Å². The third kappa shape index (κ3) is 2.24. The van der Waals surface area contributed by atoms with Gasteiger partial charge in [0.15, 0.2) is 0 Å². The maximum atomic E-state index is 6.35. The Morgan fingerprint density at radius 1 is 1.15 bits per heavy atom. The van der Waals surface area contributed by atoms with Gasteiger partial charge in [-0.25, -0.2) is 0 Å². The van der Waals surface area contributed by atoms with E-state index in [4.69, 9.17) is 12.6 Å². The third-order valence-electron chi connectivity index (χ3n) is 6.61. The van der Waals surface area contributed by atoms with Crippen LogP contribution in [0.1, 0.15) is 41.2 Å². The van der Waals surface area contributed by atoms with Gasteiger partial charge in [-0.15, -0.1) is 0 Å². The van der Waals surface area contributed by atoms with E-state index in [0.29, 0.717) is 6.61 Å². The third-order valence-corrected chi connectivity index (χ3v) is 6.61. The molecule has 0 amide bonds. The Morgan fingerprint density at radius 3 is 2.70 bits per heavy atom. The summed E-state index contributed by atoms with van der Waals surface area (Å²) in [6.45, 7) is 10.3. The minimum absolute atomic E-state index is 0.607. The van der Waals surface area contributed by atoms with E-state index in [9.17, 15) is 0 Å². The fourth-order valence-electron chi connectivity index (χ4n) is 5.16. The maximum Gasteiger partial charge on any atom is 0.114 e. The van der Waals surface area contributed by atoms with Crippen LogP contribution in [0.5, 0.6) is 0 Å². The Morgan fingerprint density at radius 2 is 1.93 bits per heavy atom. The second kappa shape index (κ2) is 5.87. The molecule has 0 fully saturated rings. The van der Waals surface area contributed by atoms with E-state index in [1.807, 2.05) is 0 Å². The number of rotatable bonds is 2. The van der Waals surface area contributed by atoms with Gasteiger partial charge in [0.1, 0.15) is 7.85 Å². The highest BCUT2D eigenvalue weighted by Gasteiger charge is 2.34. The second-order valence-corrected chi connectivity index (χ2v) is 8.06. The molecule has 3 heteroatoms. The van der Waals surface area contributed by atoms with Gasteiger partial charge in [0.25, 0.3) is 0 Å². The molecule has 0 atom stereocenters. The summed E-state index contributed by atoms with van der Waals surface area (Å²) in [5.74, 6) is 0. The first-order chi connectivity index (χ1) is 13.0. The van der Waals surface area contributed by atoms with E-state index < -0.39 is 0 Å². The lowest BCUT2D eigenvalue weighted by atomic mass is 9.77. The maximum absolute atomic E-state index is 6.35. The van der Waals surface area contributed by atoms with E-state index in [1.165, 1.54) is 61.9 Å². The van der Waals surface area contributed by atoms with E-state index in [1.54, 1.807) is 7.11 Å². The zero-order chi connectivity index (χ0) is 18.9. The predicted molar refractivity (Wildman–Crippen MR) is 113 cm³/mol. The Hall–Kier alpha value is -2.26. The molecule has 0 spiro atoms. The lowest BCUT2D eigenvalue weighted by molar-refractivity contribution is 0.223. The van der Waals surface area contributed by atoms with Crippen LogP contribution in [0.3, 0.4) is 0 Å². The van der Waals surface area contributed by atoms with Crippen LogP contribution in [0.4, 0.5) is 0 Å². The number of hydrogen-bond donors (Lipinski definition) is 0. The van der Waals surface area contributed by atoms with Crippen molar-refractivity contribution < 1.29 is 4.74 Å². The molecular weight excluding hydrogens is 329 g/mol. The molecule has 134 valence electrons. The number of nitrogens with zero attached hydrogens (tertiary/aromatic N) is 1. The lowest BCUT2D eigenvalue weighted by Crippen LogP contribution is -2.21. The van der Waals surface area contributed by atoms with Gasteiger partial charge >= 0.3 is 0 Å². The highest BCUT2D eigenvalue weighted by Crippen LogP contribution is 2.46. The number of aryl methyl sites for hydroxylation is 2. The van der Waals surface area contributed by atoms with E-state index in [2.05, 4.69) is 43.5 Å². The van der Waals surface area contributed by atoms with Gasteiger partial charge in [-0.05, 0) is 78.3 Å². The SMILES string of the molecule is [B]c1cc2cc3c(c4c2c(c1C)CCC4)CN1C(=C)C(COC)=C(C)C=C31. The van der Waals surface area contributed by atoms with Crippen molar-refractivity contribution in [3.8, 4) is 0 Å². The number of hydrogen-bond acceptors (Lipinski definition) is 2. The van der Waals surface area contributed by atoms with Crippen LogP contribution in [0, 0.1) is 6.92 Å². The van der Waals surface area contributed by atoms with Crippen molar-refractivity contribution in [2.45, 2.75) is 39.7 Å².